The second-order valence-electron chi connectivity index (χ2n) is 8.30. The van der Waals surface area contributed by atoms with Gasteiger partial charge in [0.15, 0.2) is 0 Å². The van der Waals surface area contributed by atoms with Gasteiger partial charge in [-0.3, -0.25) is 20.2 Å². The summed E-state index contributed by atoms with van der Waals surface area (Å²) in [6.45, 7) is 0.602. The minimum Gasteiger partial charge on any atom is -0.365 e. The summed E-state index contributed by atoms with van der Waals surface area (Å²) in [6.07, 6.45) is 2.69. The molecule has 0 radical (unpaired) electrons. The molecule has 12 heteroatoms. The van der Waals surface area contributed by atoms with Gasteiger partial charge in [-0.2, -0.15) is 0 Å². The molecule has 0 aliphatic heterocycles. The third-order valence-electron chi connectivity index (χ3n) is 5.94. The second kappa shape index (κ2) is 11.0. The number of benzene rings is 4. The van der Waals surface area contributed by atoms with E-state index in [-0.39, 0.29) is 11.4 Å². The van der Waals surface area contributed by atoms with Crippen molar-refractivity contribution in [3.05, 3.63) is 122 Å². The van der Waals surface area contributed by atoms with E-state index in [1.54, 1.807) is 6.07 Å². The number of nitrogens with zero attached hydrogens (tertiary/aromatic N) is 6. The molecule has 0 fully saturated rings. The Morgan fingerprint density at radius 1 is 0.692 bits per heavy atom. The Morgan fingerprint density at radius 2 is 1.31 bits per heavy atom. The van der Waals surface area contributed by atoms with Gasteiger partial charge in [0, 0.05) is 41.6 Å². The molecule has 0 aliphatic carbocycles. The average Bonchev–Trinajstić information content (AvgIpc) is 2.96. The third-order valence-corrected chi connectivity index (χ3v) is 6.24. The summed E-state index contributed by atoms with van der Waals surface area (Å²) in [5, 5.41) is 28.7. The molecule has 0 aliphatic rings. The Labute approximate surface area is 225 Å². The molecular formula is C27H18ClN7O4. The molecule has 4 aromatic carbocycles. The first kappa shape index (κ1) is 25.4. The Morgan fingerprint density at radius 3 is 2.03 bits per heavy atom. The third kappa shape index (κ3) is 5.53. The van der Waals surface area contributed by atoms with Crippen molar-refractivity contribution < 1.29 is 9.85 Å². The van der Waals surface area contributed by atoms with Crippen LogP contribution in [-0.4, -0.2) is 29.8 Å². The number of nitro benzene ring substituents is 2. The maximum absolute atomic E-state index is 10.9. The molecule has 0 spiro atoms. The average molecular weight is 540 g/mol. The molecule has 0 atom stereocenters. The number of anilines is 1. The summed E-state index contributed by atoms with van der Waals surface area (Å²) in [5.74, 6) is 0.660. The number of nitro groups is 2. The topological polar surface area (TPSA) is 150 Å². The normalized spacial score (nSPS) is 10.7. The van der Waals surface area contributed by atoms with Crippen molar-refractivity contribution in [1.82, 2.24) is 19.9 Å². The number of halogens is 1. The van der Waals surface area contributed by atoms with Crippen molar-refractivity contribution in [2.75, 3.05) is 5.32 Å². The lowest BCUT2D eigenvalue weighted by Gasteiger charge is -2.10. The monoisotopic (exact) mass is 539 g/mol. The van der Waals surface area contributed by atoms with Crippen LogP contribution in [0.25, 0.3) is 32.6 Å². The highest BCUT2D eigenvalue weighted by Crippen LogP contribution is 2.26. The Kier molecular flexibility index (Phi) is 7.15. The van der Waals surface area contributed by atoms with Gasteiger partial charge in [0.2, 0.25) is 0 Å². The van der Waals surface area contributed by atoms with Crippen LogP contribution in [0.15, 0.2) is 91.5 Å². The number of non-ortho nitro benzene ring substituents is 2. The zero-order chi connectivity index (χ0) is 27.4. The quantitative estimate of drug-likeness (QED) is 0.147. The summed E-state index contributed by atoms with van der Waals surface area (Å²) in [5.41, 5.74) is 2.19. The molecule has 0 saturated carbocycles. The van der Waals surface area contributed by atoms with Gasteiger partial charge in [0.25, 0.3) is 11.4 Å². The lowest BCUT2D eigenvalue weighted by molar-refractivity contribution is -0.384. The molecule has 6 aromatic rings. The smallest absolute Gasteiger partial charge is 0.271 e. The summed E-state index contributed by atoms with van der Waals surface area (Å²) in [7, 11) is 0. The number of hydrogen-bond donors (Lipinski definition) is 1. The van der Waals surface area contributed by atoms with Crippen LogP contribution in [0.4, 0.5) is 17.2 Å². The van der Waals surface area contributed by atoms with E-state index in [1.165, 1.54) is 53.8 Å². The zero-order valence-corrected chi connectivity index (χ0v) is 20.8. The fraction of sp³-hybridized carbons (Fsp3) is 0.0370. The van der Waals surface area contributed by atoms with Crippen LogP contribution in [0.5, 0.6) is 0 Å². The van der Waals surface area contributed by atoms with Crippen LogP contribution in [0.1, 0.15) is 5.56 Å². The van der Waals surface area contributed by atoms with E-state index in [4.69, 9.17) is 11.6 Å². The van der Waals surface area contributed by atoms with Crippen molar-refractivity contribution in [1.29, 1.82) is 0 Å². The standard InChI is InChI=1S/C19H14N4O2.C8H4ClN3O2/c24-23(25)15-8-9-17-18(10-15)21-12-22-19(17)20-11-14-6-3-5-13-4-1-2-7-16(13)14;9-8-6-2-1-5(12(13)14)3-7(6)10-4-11-8/h1-10,12H,11H2,(H,20,21,22);1-4H. The Balaban J connectivity index is 0.000000186. The lowest BCUT2D eigenvalue weighted by atomic mass is 10.0. The molecule has 0 unspecified atom stereocenters. The van der Waals surface area contributed by atoms with Crippen LogP contribution in [0.3, 0.4) is 0 Å². The van der Waals surface area contributed by atoms with Crippen LogP contribution in [0.2, 0.25) is 5.15 Å². The molecular weight excluding hydrogens is 522 g/mol. The van der Waals surface area contributed by atoms with Crippen molar-refractivity contribution in [3.8, 4) is 0 Å². The van der Waals surface area contributed by atoms with E-state index in [9.17, 15) is 20.2 Å². The molecule has 192 valence electrons. The van der Waals surface area contributed by atoms with Crippen LogP contribution in [0, 0.1) is 20.2 Å². The number of hydrogen-bond acceptors (Lipinski definition) is 9. The molecule has 0 bridgehead atoms. The fourth-order valence-electron chi connectivity index (χ4n) is 4.05. The van der Waals surface area contributed by atoms with Gasteiger partial charge < -0.3 is 5.32 Å². The van der Waals surface area contributed by atoms with Gasteiger partial charge in [-0.15, -0.1) is 0 Å². The van der Waals surface area contributed by atoms with E-state index >= 15 is 0 Å². The van der Waals surface area contributed by atoms with Gasteiger partial charge in [-0.25, -0.2) is 19.9 Å². The molecule has 2 heterocycles. The SMILES string of the molecule is O=[N+]([O-])c1ccc2c(Cl)ncnc2c1.O=[N+]([O-])c1ccc2c(NCc3cccc4ccccc34)ncnc2c1. The highest BCUT2D eigenvalue weighted by atomic mass is 35.5. The molecule has 11 nitrogen and oxygen atoms in total. The minimum absolute atomic E-state index is 0.00716. The van der Waals surface area contributed by atoms with Gasteiger partial charge >= 0.3 is 0 Å². The maximum atomic E-state index is 10.9. The first-order valence-electron chi connectivity index (χ1n) is 11.5. The van der Waals surface area contributed by atoms with Gasteiger partial charge in [0.1, 0.15) is 23.6 Å². The van der Waals surface area contributed by atoms with E-state index in [0.29, 0.717) is 33.9 Å². The van der Waals surface area contributed by atoms with E-state index < -0.39 is 9.85 Å². The van der Waals surface area contributed by atoms with Crippen LogP contribution in [-0.2, 0) is 6.54 Å². The molecule has 1 N–H and O–H groups in total. The van der Waals surface area contributed by atoms with Crippen LogP contribution < -0.4 is 5.32 Å². The highest BCUT2D eigenvalue weighted by Gasteiger charge is 2.11. The van der Waals surface area contributed by atoms with E-state index in [0.717, 1.165) is 10.9 Å². The van der Waals surface area contributed by atoms with Gasteiger partial charge in [0.05, 0.1) is 20.9 Å². The summed E-state index contributed by atoms with van der Waals surface area (Å²) in [4.78, 5) is 36.5. The molecule has 0 amide bonds. The number of fused-ring (bicyclic) bond motifs is 3. The predicted molar refractivity (Wildman–Crippen MR) is 149 cm³/mol. The predicted octanol–water partition coefficient (Wildman–Crippen LogP) is 6.49. The first-order valence-corrected chi connectivity index (χ1v) is 11.9. The summed E-state index contributed by atoms with van der Waals surface area (Å²) in [6, 6.07) is 23.3. The highest BCUT2D eigenvalue weighted by molar-refractivity contribution is 6.34. The number of aromatic nitrogens is 4. The van der Waals surface area contributed by atoms with Crippen molar-refractivity contribution in [2.24, 2.45) is 0 Å². The number of rotatable bonds is 5. The zero-order valence-electron chi connectivity index (χ0n) is 20.1. The lowest BCUT2D eigenvalue weighted by Crippen LogP contribution is -2.03. The first-order chi connectivity index (χ1) is 18.9. The summed E-state index contributed by atoms with van der Waals surface area (Å²) < 4.78 is 0. The van der Waals surface area contributed by atoms with Crippen molar-refractivity contribution in [3.63, 3.8) is 0 Å². The molecule has 2 aromatic heterocycles. The van der Waals surface area contributed by atoms with Gasteiger partial charge in [-0.05, 0) is 28.5 Å². The van der Waals surface area contributed by atoms with Crippen LogP contribution >= 0.6 is 11.6 Å². The van der Waals surface area contributed by atoms with Gasteiger partial charge in [-0.1, -0.05) is 54.1 Å². The molecule has 6 rings (SSSR count). The molecule has 39 heavy (non-hydrogen) atoms. The van der Waals surface area contributed by atoms with E-state index in [2.05, 4.69) is 49.5 Å². The summed E-state index contributed by atoms with van der Waals surface area (Å²) >= 11 is 5.77. The largest absolute Gasteiger partial charge is 0.365 e. The fourth-order valence-corrected chi connectivity index (χ4v) is 4.26. The molecule has 0 saturated heterocycles. The maximum Gasteiger partial charge on any atom is 0.271 e. The Bertz CT molecular complexity index is 1860. The Hall–Kier alpha value is -5.29. The second-order valence-corrected chi connectivity index (χ2v) is 8.65. The van der Waals surface area contributed by atoms with Crippen molar-refractivity contribution >= 4 is 61.4 Å². The van der Waals surface area contributed by atoms with E-state index in [1.807, 2.05) is 18.2 Å². The number of nitrogens with one attached hydrogen (secondary N) is 1. The van der Waals surface area contributed by atoms with Crippen molar-refractivity contribution in [2.45, 2.75) is 6.54 Å². The minimum atomic E-state index is -0.477.